The average molecular weight is 495 g/mol. The van der Waals surface area contributed by atoms with Crippen LogP contribution in [0.5, 0.6) is 5.75 Å². The van der Waals surface area contributed by atoms with Crippen LogP contribution in [0, 0.1) is 11.8 Å². The molecule has 0 spiro atoms. The molecule has 36 heavy (non-hydrogen) atoms. The van der Waals surface area contributed by atoms with Gasteiger partial charge in [-0.25, -0.2) is 14.4 Å². The molecule has 4 rings (SSSR count). The molecule has 1 aromatic carbocycles. The third-order valence-corrected chi connectivity index (χ3v) is 7.37. The van der Waals surface area contributed by atoms with E-state index in [0.29, 0.717) is 30.1 Å². The van der Waals surface area contributed by atoms with Crippen LogP contribution in [0.15, 0.2) is 49.1 Å². The smallest absolute Gasteiger partial charge is 0.303 e. The number of alkyl halides is 1. The Bertz CT molecular complexity index is 1130. The molecule has 0 bridgehead atoms. The van der Waals surface area contributed by atoms with E-state index in [1.807, 2.05) is 24.3 Å². The van der Waals surface area contributed by atoms with Gasteiger partial charge in [-0.15, -0.1) is 0 Å². The summed E-state index contributed by atoms with van der Waals surface area (Å²) in [6, 6.07) is 9.24. The second-order valence-electron chi connectivity index (χ2n) is 9.67. The number of ether oxygens (including phenoxy) is 1. The Hall–Kier alpha value is -3.13. The Morgan fingerprint density at radius 2 is 2.08 bits per heavy atom. The summed E-state index contributed by atoms with van der Waals surface area (Å²) in [5, 5.41) is 10.1. The number of carboxylic acids is 1. The van der Waals surface area contributed by atoms with E-state index in [2.05, 4.69) is 19.9 Å². The molecule has 192 valence electrons. The standard InChI is InChI=1S/C28H35FN4O3/c1-36-23-6-8-27-25(17-23)24(11-14-31-27)26(29)7-4-20-12-16-33(18-21(20)5-9-28(34)35)15-2-3-22-10-13-30-19-32-22/h6,8,10-11,13-14,17,19-21,26H,2-5,7,9,12,15-16,18H2,1H3,(H,34,35)/t20-,21+,26?/m1/s1. The molecule has 1 unspecified atom stereocenters. The van der Waals surface area contributed by atoms with Crippen LogP contribution in [0.1, 0.15) is 56.0 Å². The molecule has 0 aliphatic carbocycles. The van der Waals surface area contributed by atoms with Gasteiger partial charge in [0.1, 0.15) is 18.2 Å². The van der Waals surface area contributed by atoms with Crippen molar-refractivity contribution in [2.45, 2.75) is 51.1 Å². The molecule has 1 N–H and O–H groups in total. The van der Waals surface area contributed by atoms with Crippen LogP contribution >= 0.6 is 0 Å². The lowest BCUT2D eigenvalue weighted by molar-refractivity contribution is -0.137. The van der Waals surface area contributed by atoms with E-state index in [1.165, 1.54) is 0 Å². The first kappa shape index (κ1) is 25.9. The quantitative estimate of drug-likeness (QED) is 0.367. The van der Waals surface area contributed by atoms with Crippen molar-refractivity contribution in [1.29, 1.82) is 0 Å². The van der Waals surface area contributed by atoms with Crippen molar-refractivity contribution in [3.05, 3.63) is 60.3 Å². The molecule has 0 radical (unpaired) electrons. The second kappa shape index (κ2) is 12.7. The first-order chi connectivity index (χ1) is 17.5. The van der Waals surface area contributed by atoms with Gasteiger partial charge < -0.3 is 14.7 Å². The average Bonchev–Trinajstić information content (AvgIpc) is 2.91. The zero-order valence-corrected chi connectivity index (χ0v) is 20.9. The van der Waals surface area contributed by atoms with Crippen molar-refractivity contribution < 1.29 is 19.0 Å². The second-order valence-corrected chi connectivity index (χ2v) is 9.67. The van der Waals surface area contributed by atoms with E-state index >= 15 is 4.39 Å². The molecule has 2 aromatic heterocycles. The van der Waals surface area contributed by atoms with Crippen molar-refractivity contribution in [3.63, 3.8) is 0 Å². The van der Waals surface area contributed by atoms with E-state index in [0.717, 1.165) is 61.9 Å². The Morgan fingerprint density at radius 1 is 1.19 bits per heavy atom. The molecule has 1 aliphatic heterocycles. The Kier molecular flexibility index (Phi) is 9.17. The predicted molar refractivity (Wildman–Crippen MR) is 137 cm³/mol. The van der Waals surface area contributed by atoms with Gasteiger partial charge in [0, 0.05) is 36.4 Å². The van der Waals surface area contributed by atoms with Crippen LogP contribution in [0.3, 0.4) is 0 Å². The van der Waals surface area contributed by atoms with Crippen molar-refractivity contribution in [2.75, 3.05) is 26.7 Å². The number of nitrogens with zero attached hydrogens (tertiary/aromatic N) is 4. The van der Waals surface area contributed by atoms with E-state index in [-0.39, 0.29) is 12.3 Å². The molecule has 1 fully saturated rings. The molecule has 0 amide bonds. The number of fused-ring (bicyclic) bond motifs is 1. The summed E-state index contributed by atoms with van der Waals surface area (Å²) < 4.78 is 20.8. The number of pyridine rings is 1. The van der Waals surface area contributed by atoms with Crippen LogP contribution in [-0.2, 0) is 11.2 Å². The van der Waals surface area contributed by atoms with Crippen molar-refractivity contribution >= 4 is 16.9 Å². The van der Waals surface area contributed by atoms with Gasteiger partial charge in [0.25, 0.3) is 0 Å². The number of rotatable bonds is 12. The summed E-state index contributed by atoms with van der Waals surface area (Å²) in [6.07, 6.45) is 8.71. The van der Waals surface area contributed by atoms with Gasteiger partial charge >= 0.3 is 5.97 Å². The maximum Gasteiger partial charge on any atom is 0.303 e. The molecule has 3 heterocycles. The van der Waals surface area contributed by atoms with Gasteiger partial charge in [-0.2, -0.15) is 0 Å². The summed E-state index contributed by atoms with van der Waals surface area (Å²) in [4.78, 5) is 26.3. The fourth-order valence-electron chi connectivity index (χ4n) is 5.39. The highest BCUT2D eigenvalue weighted by Gasteiger charge is 2.30. The van der Waals surface area contributed by atoms with E-state index in [9.17, 15) is 9.90 Å². The minimum Gasteiger partial charge on any atom is -0.497 e. The van der Waals surface area contributed by atoms with Crippen molar-refractivity contribution in [1.82, 2.24) is 19.9 Å². The van der Waals surface area contributed by atoms with Crippen LogP contribution in [0.4, 0.5) is 4.39 Å². The molecule has 1 aliphatic rings. The van der Waals surface area contributed by atoms with Crippen molar-refractivity contribution in [2.24, 2.45) is 11.8 Å². The summed E-state index contributed by atoms with van der Waals surface area (Å²) in [6.45, 7) is 2.79. The Labute approximate surface area is 211 Å². The summed E-state index contributed by atoms with van der Waals surface area (Å²) in [5.74, 6) is 0.499. The number of aliphatic carboxylic acids is 1. The van der Waals surface area contributed by atoms with Gasteiger partial charge in [0.2, 0.25) is 0 Å². The minimum absolute atomic E-state index is 0.157. The number of hydrogen-bond donors (Lipinski definition) is 1. The molecule has 8 heteroatoms. The lowest BCUT2D eigenvalue weighted by Gasteiger charge is -2.39. The summed E-state index contributed by atoms with van der Waals surface area (Å²) >= 11 is 0. The van der Waals surface area contributed by atoms with Gasteiger partial charge in [0.15, 0.2) is 0 Å². The molecular formula is C28H35FN4O3. The topological polar surface area (TPSA) is 88.4 Å². The predicted octanol–water partition coefficient (Wildman–Crippen LogP) is 5.26. The van der Waals surface area contributed by atoms with Crippen LogP contribution in [-0.4, -0.2) is 57.7 Å². The van der Waals surface area contributed by atoms with E-state index in [1.54, 1.807) is 31.9 Å². The van der Waals surface area contributed by atoms with Gasteiger partial charge in [0.05, 0.1) is 12.6 Å². The number of methoxy groups -OCH3 is 1. The van der Waals surface area contributed by atoms with Gasteiger partial charge in [-0.3, -0.25) is 9.78 Å². The Morgan fingerprint density at radius 3 is 2.86 bits per heavy atom. The van der Waals surface area contributed by atoms with E-state index < -0.39 is 12.1 Å². The molecule has 3 atom stereocenters. The molecule has 1 saturated heterocycles. The van der Waals surface area contributed by atoms with Gasteiger partial charge in [-0.1, -0.05) is 0 Å². The van der Waals surface area contributed by atoms with Crippen LogP contribution in [0.25, 0.3) is 10.9 Å². The maximum absolute atomic E-state index is 15.5. The van der Waals surface area contributed by atoms with Crippen LogP contribution < -0.4 is 4.74 Å². The van der Waals surface area contributed by atoms with Crippen LogP contribution in [0.2, 0.25) is 0 Å². The fourth-order valence-corrected chi connectivity index (χ4v) is 5.39. The highest BCUT2D eigenvalue weighted by atomic mass is 19.1. The number of halogens is 1. The molecule has 0 saturated carbocycles. The minimum atomic E-state index is -1.10. The zero-order valence-electron chi connectivity index (χ0n) is 20.9. The van der Waals surface area contributed by atoms with Gasteiger partial charge in [-0.05, 0) is 99.3 Å². The molecule has 3 aromatic rings. The maximum atomic E-state index is 15.5. The van der Waals surface area contributed by atoms with E-state index in [4.69, 9.17) is 4.74 Å². The first-order valence-corrected chi connectivity index (χ1v) is 12.8. The summed E-state index contributed by atoms with van der Waals surface area (Å²) in [7, 11) is 1.60. The Balaban J connectivity index is 1.35. The number of aryl methyl sites for hydroxylation is 1. The number of benzene rings is 1. The number of likely N-dealkylation sites (tertiary alicyclic amines) is 1. The SMILES string of the molecule is COc1ccc2nccc(C(F)CC[C@@H]3CCN(CCCc4ccncn4)C[C@@H]3CCC(=O)O)c2c1. The molecular weight excluding hydrogens is 459 g/mol. The lowest BCUT2D eigenvalue weighted by atomic mass is 9.79. The normalized spacial score (nSPS) is 19.3. The third-order valence-electron chi connectivity index (χ3n) is 7.37. The monoisotopic (exact) mass is 494 g/mol. The fraction of sp³-hybridized carbons (Fsp3) is 0.500. The third kappa shape index (κ3) is 6.97. The largest absolute Gasteiger partial charge is 0.497 e. The summed E-state index contributed by atoms with van der Waals surface area (Å²) in [5.41, 5.74) is 2.44. The zero-order chi connectivity index (χ0) is 25.3. The first-order valence-electron chi connectivity index (χ1n) is 12.8. The molecule has 7 nitrogen and oxygen atoms in total. The highest BCUT2D eigenvalue weighted by Crippen LogP contribution is 2.36. The number of carboxylic acid groups (broad SMARTS) is 1. The highest BCUT2D eigenvalue weighted by molar-refractivity contribution is 5.83. The number of carbonyl (C=O) groups is 1. The number of piperidine rings is 1. The number of hydrogen-bond acceptors (Lipinski definition) is 6. The number of aromatic nitrogens is 3. The van der Waals surface area contributed by atoms with Crippen molar-refractivity contribution in [3.8, 4) is 5.75 Å². The lowest BCUT2D eigenvalue weighted by Crippen LogP contribution is -2.41.